The molecule has 0 bridgehead atoms. The van der Waals surface area contributed by atoms with Gasteiger partial charge in [0.05, 0.1) is 17.8 Å². The van der Waals surface area contributed by atoms with Crippen molar-refractivity contribution in [3.05, 3.63) is 17.5 Å². The van der Waals surface area contributed by atoms with Crippen LogP contribution < -0.4 is 5.32 Å². The second kappa shape index (κ2) is 5.31. The van der Waals surface area contributed by atoms with Gasteiger partial charge in [0.1, 0.15) is 5.69 Å². The van der Waals surface area contributed by atoms with E-state index in [-0.39, 0.29) is 12.5 Å². The lowest BCUT2D eigenvalue weighted by molar-refractivity contribution is 0.0836. The molecule has 0 aliphatic rings. The molecule has 1 amide bonds. The van der Waals surface area contributed by atoms with Crippen LogP contribution in [0.3, 0.4) is 0 Å². The van der Waals surface area contributed by atoms with E-state index in [9.17, 15) is 9.90 Å². The fourth-order valence-corrected chi connectivity index (χ4v) is 1.55. The number of aryl methyl sites for hydroxylation is 2. The molecule has 1 unspecified atom stereocenters. The number of rotatable bonds is 5. The Morgan fingerprint density at radius 1 is 1.59 bits per heavy atom. The quantitative estimate of drug-likeness (QED) is 0.808. The minimum absolute atomic E-state index is 0.0749. The highest BCUT2D eigenvalue weighted by Crippen LogP contribution is 2.11. The Morgan fingerprint density at radius 3 is 2.71 bits per heavy atom. The third-order valence-electron chi connectivity index (χ3n) is 2.98. The molecule has 1 aromatic heterocycles. The van der Waals surface area contributed by atoms with Crippen molar-refractivity contribution in [3.8, 4) is 0 Å². The maximum absolute atomic E-state index is 12.1. The molecule has 0 aliphatic carbocycles. The van der Waals surface area contributed by atoms with Crippen LogP contribution in [0, 0.1) is 6.92 Å². The number of aromatic nitrogens is 2. The highest BCUT2D eigenvalue weighted by Gasteiger charge is 2.25. The van der Waals surface area contributed by atoms with Crippen LogP contribution in [0.2, 0.25) is 0 Å². The van der Waals surface area contributed by atoms with Gasteiger partial charge in [-0.3, -0.25) is 9.48 Å². The first-order valence-electron chi connectivity index (χ1n) is 5.93. The van der Waals surface area contributed by atoms with Crippen LogP contribution in [-0.4, -0.2) is 32.9 Å². The molecule has 0 saturated carbocycles. The van der Waals surface area contributed by atoms with Gasteiger partial charge < -0.3 is 10.4 Å². The van der Waals surface area contributed by atoms with Gasteiger partial charge in [-0.25, -0.2) is 0 Å². The van der Waals surface area contributed by atoms with E-state index in [1.807, 2.05) is 27.7 Å². The van der Waals surface area contributed by atoms with E-state index in [0.717, 1.165) is 5.69 Å². The molecular weight excluding hydrogens is 218 g/mol. The maximum Gasteiger partial charge on any atom is 0.270 e. The minimum atomic E-state index is -0.576. The summed E-state index contributed by atoms with van der Waals surface area (Å²) in [6.45, 7) is 8.12. The lowest BCUT2D eigenvalue weighted by atomic mass is 10.00. The summed E-state index contributed by atoms with van der Waals surface area (Å²) in [5.41, 5.74) is 0.783. The molecule has 5 nitrogen and oxygen atoms in total. The fourth-order valence-electron chi connectivity index (χ4n) is 1.55. The summed E-state index contributed by atoms with van der Waals surface area (Å²) in [5.74, 6) is -0.189. The standard InChI is InChI=1S/C12H21N3O2/c1-5-12(4,8-16)13-11(17)10-7-9(3)14-15(10)6-2/h7,16H,5-6,8H2,1-4H3,(H,13,17). The number of nitrogens with one attached hydrogen (secondary N) is 1. The maximum atomic E-state index is 12.1. The number of carbonyl (C=O) groups is 1. The van der Waals surface area contributed by atoms with Gasteiger partial charge in [-0.15, -0.1) is 0 Å². The van der Waals surface area contributed by atoms with Crippen molar-refractivity contribution in [2.75, 3.05) is 6.61 Å². The zero-order valence-corrected chi connectivity index (χ0v) is 10.9. The molecular formula is C12H21N3O2. The topological polar surface area (TPSA) is 67.2 Å². The van der Waals surface area contributed by atoms with E-state index in [0.29, 0.717) is 18.7 Å². The van der Waals surface area contributed by atoms with Crippen LogP contribution in [-0.2, 0) is 6.54 Å². The molecule has 2 N–H and O–H groups in total. The Morgan fingerprint density at radius 2 is 2.24 bits per heavy atom. The molecule has 0 fully saturated rings. The van der Waals surface area contributed by atoms with Gasteiger partial charge in [-0.1, -0.05) is 6.92 Å². The molecule has 0 aliphatic heterocycles. The van der Waals surface area contributed by atoms with Gasteiger partial charge in [0.15, 0.2) is 0 Å². The lowest BCUT2D eigenvalue weighted by Crippen LogP contribution is -2.48. The molecule has 1 heterocycles. The van der Waals surface area contributed by atoms with Gasteiger partial charge in [0.2, 0.25) is 0 Å². The summed E-state index contributed by atoms with van der Waals surface area (Å²) in [6, 6.07) is 1.76. The molecule has 1 atom stereocenters. The normalized spacial score (nSPS) is 14.4. The first-order chi connectivity index (χ1) is 7.95. The van der Waals surface area contributed by atoms with Crippen molar-refractivity contribution in [2.45, 2.75) is 46.2 Å². The molecule has 96 valence electrons. The fraction of sp³-hybridized carbons (Fsp3) is 0.667. The Bertz CT molecular complexity index is 394. The molecule has 1 rings (SSSR count). The minimum Gasteiger partial charge on any atom is -0.394 e. The monoisotopic (exact) mass is 239 g/mol. The number of carbonyl (C=O) groups excluding carboxylic acids is 1. The number of aliphatic hydroxyl groups is 1. The number of hydrogen-bond acceptors (Lipinski definition) is 3. The second-order valence-electron chi connectivity index (χ2n) is 4.51. The van der Waals surface area contributed by atoms with E-state index in [2.05, 4.69) is 10.4 Å². The second-order valence-corrected chi connectivity index (χ2v) is 4.51. The lowest BCUT2D eigenvalue weighted by Gasteiger charge is -2.27. The number of amides is 1. The third kappa shape index (κ3) is 3.06. The Balaban J connectivity index is 2.89. The number of hydrogen-bond donors (Lipinski definition) is 2. The van der Waals surface area contributed by atoms with Crippen LogP contribution >= 0.6 is 0 Å². The van der Waals surface area contributed by atoms with Gasteiger partial charge >= 0.3 is 0 Å². The molecule has 5 heteroatoms. The zero-order chi connectivity index (χ0) is 13.1. The van der Waals surface area contributed by atoms with E-state index in [4.69, 9.17) is 0 Å². The predicted octanol–water partition coefficient (Wildman–Crippen LogP) is 1.10. The van der Waals surface area contributed by atoms with E-state index in [1.54, 1.807) is 10.7 Å². The van der Waals surface area contributed by atoms with Crippen LogP contribution in [0.15, 0.2) is 6.07 Å². The van der Waals surface area contributed by atoms with E-state index < -0.39 is 5.54 Å². The van der Waals surface area contributed by atoms with Crippen molar-refractivity contribution < 1.29 is 9.90 Å². The van der Waals surface area contributed by atoms with Crippen LogP contribution in [0.4, 0.5) is 0 Å². The van der Waals surface area contributed by atoms with Gasteiger partial charge in [0, 0.05) is 6.54 Å². The summed E-state index contributed by atoms with van der Waals surface area (Å²) < 4.78 is 1.66. The third-order valence-corrected chi connectivity index (χ3v) is 2.98. The first-order valence-corrected chi connectivity index (χ1v) is 5.93. The van der Waals surface area contributed by atoms with Crippen LogP contribution in [0.25, 0.3) is 0 Å². The zero-order valence-electron chi connectivity index (χ0n) is 10.9. The van der Waals surface area contributed by atoms with Crippen molar-refractivity contribution in [1.82, 2.24) is 15.1 Å². The Labute approximate surface area is 102 Å². The van der Waals surface area contributed by atoms with Crippen molar-refractivity contribution in [3.63, 3.8) is 0 Å². The van der Waals surface area contributed by atoms with Gasteiger partial charge in [-0.05, 0) is 33.3 Å². The van der Waals surface area contributed by atoms with Crippen LogP contribution in [0.1, 0.15) is 43.4 Å². The molecule has 0 radical (unpaired) electrons. The van der Waals surface area contributed by atoms with Crippen molar-refractivity contribution in [1.29, 1.82) is 0 Å². The summed E-state index contributed by atoms with van der Waals surface area (Å²) in [7, 11) is 0. The van der Waals surface area contributed by atoms with Crippen molar-refractivity contribution in [2.24, 2.45) is 0 Å². The largest absolute Gasteiger partial charge is 0.394 e. The molecule has 1 aromatic rings. The summed E-state index contributed by atoms with van der Waals surface area (Å²) >= 11 is 0. The highest BCUT2D eigenvalue weighted by molar-refractivity contribution is 5.93. The SMILES string of the molecule is CCn1nc(C)cc1C(=O)NC(C)(CC)CO. The smallest absolute Gasteiger partial charge is 0.270 e. The Kier molecular flexibility index (Phi) is 4.28. The molecule has 0 saturated heterocycles. The molecule has 0 aromatic carbocycles. The van der Waals surface area contributed by atoms with Crippen molar-refractivity contribution >= 4 is 5.91 Å². The number of nitrogens with zero attached hydrogens (tertiary/aromatic N) is 2. The summed E-state index contributed by atoms with van der Waals surface area (Å²) in [4.78, 5) is 12.1. The first kappa shape index (κ1) is 13.7. The summed E-state index contributed by atoms with van der Waals surface area (Å²) in [6.07, 6.45) is 0.675. The van der Waals surface area contributed by atoms with E-state index in [1.165, 1.54) is 0 Å². The highest BCUT2D eigenvalue weighted by atomic mass is 16.3. The molecule has 0 spiro atoms. The van der Waals surface area contributed by atoms with Crippen LogP contribution in [0.5, 0.6) is 0 Å². The average molecular weight is 239 g/mol. The number of aliphatic hydroxyl groups excluding tert-OH is 1. The summed E-state index contributed by atoms with van der Waals surface area (Å²) in [5, 5.41) is 16.3. The van der Waals surface area contributed by atoms with E-state index >= 15 is 0 Å². The predicted molar refractivity (Wildman–Crippen MR) is 65.9 cm³/mol. The van der Waals surface area contributed by atoms with Gasteiger partial charge in [0.25, 0.3) is 5.91 Å². The molecule has 17 heavy (non-hydrogen) atoms. The Hall–Kier alpha value is -1.36. The van der Waals surface area contributed by atoms with Gasteiger partial charge in [-0.2, -0.15) is 5.10 Å². The average Bonchev–Trinajstić information content (AvgIpc) is 2.70.